The first-order chi connectivity index (χ1) is 17.4. The van der Waals surface area contributed by atoms with Crippen LogP contribution in [0.4, 0.5) is 0 Å². The number of aliphatic carboxylic acids is 1. The number of fused-ring (bicyclic) bond motifs is 1. The summed E-state index contributed by atoms with van der Waals surface area (Å²) in [5, 5.41) is 19.1. The fourth-order valence-electron chi connectivity index (χ4n) is 4.40. The molecule has 0 aliphatic heterocycles. The van der Waals surface area contributed by atoms with Crippen LogP contribution < -0.4 is 11.2 Å². The number of allylic oxidation sites excluding steroid dienone is 5. The summed E-state index contributed by atoms with van der Waals surface area (Å²) in [6, 6.07) is 9.10. The molecule has 1 fully saturated rings. The Hall–Kier alpha value is -3.66. The lowest BCUT2D eigenvalue weighted by atomic mass is 9.82. The Labute approximate surface area is 213 Å². The molecule has 0 bridgehead atoms. The summed E-state index contributed by atoms with van der Waals surface area (Å²) in [6.07, 6.45) is 7.37. The Morgan fingerprint density at radius 2 is 1.72 bits per heavy atom. The van der Waals surface area contributed by atoms with Crippen molar-refractivity contribution in [2.75, 3.05) is 0 Å². The molecule has 0 radical (unpaired) electrons. The minimum atomic E-state index is -0.785. The maximum Gasteiger partial charge on any atom is 0.331 e. The molecule has 0 atom stereocenters. The lowest BCUT2D eigenvalue weighted by Gasteiger charge is -2.26. The number of para-hydroxylation sites is 1. The fourth-order valence-corrected chi connectivity index (χ4v) is 4.40. The average molecular weight is 494 g/mol. The smallest absolute Gasteiger partial charge is 0.331 e. The number of nitrogens with zero attached hydrogens (tertiary/aromatic N) is 3. The molecule has 2 aromatic rings. The van der Waals surface area contributed by atoms with Crippen molar-refractivity contribution in [3.05, 3.63) is 81.1 Å². The molecule has 3 rings (SSSR count). The fraction of sp³-hybridized carbons (Fsp3) is 0.448. The van der Waals surface area contributed by atoms with Gasteiger partial charge < -0.3 is 5.11 Å². The van der Waals surface area contributed by atoms with Crippen molar-refractivity contribution >= 4 is 16.9 Å². The second kappa shape index (κ2) is 15.4. The van der Waals surface area contributed by atoms with Gasteiger partial charge in [-0.3, -0.25) is 18.7 Å². The molecule has 7 heteroatoms. The first kappa shape index (κ1) is 30.4. The Bertz CT molecular complexity index is 1250. The molecule has 36 heavy (non-hydrogen) atoms. The highest BCUT2D eigenvalue weighted by Crippen LogP contribution is 2.29. The number of aromatic nitrogens is 2. The summed E-state index contributed by atoms with van der Waals surface area (Å²) in [6.45, 7) is 13.8. The van der Waals surface area contributed by atoms with Gasteiger partial charge in [0.05, 0.1) is 35.0 Å². The molecule has 0 spiro atoms. The van der Waals surface area contributed by atoms with Gasteiger partial charge >= 0.3 is 11.7 Å². The summed E-state index contributed by atoms with van der Waals surface area (Å²) in [7, 11) is 0. The van der Waals surface area contributed by atoms with Crippen molar-refractivity contribution in [1.29, 1.82) is 5.26 Å². The Kier molecular flexibility index (Phi) is 13.0. The van der Waals surface area contributed by atoms with Gasteiger partial charge in [0.15, 0.2) is 0 Å². The summed E-state index contributed by atoms with van der Waals surface area (Å²) in [4.78, 5) is 37.9. The van der Waals surface area contributed by atoms with Gasteiger partial charge in [-0.1, -0.05) is 64.6 Å². The van der Waals surface area contributed by atoms with Gasteiger partial charge in [0, 0.05) is 6.54 Å². The SMILES string of the molecule is C=C/C=C(Cn1c(=O)n(CC2CCC(C(=O)O)CC2)c(=O)c2ccccc21)\C(C#N)=C/C.CC.CC. The molecule has 1 aliphatic rings. The zero-order valence-electron chi connectivity index (χ0n) is 22.2. The quantitative estimate of drug-likeness (QED) is 0.394. The predicted molar refractivity (Wildman–Crippen MR) is 146 cm³/mol. The van der Waals surface area contributed by atoms with E-state index in [0.717, 1.165) is 0 Å². The Balaban J connectivity index is 0.00000154. The van der Waals surface area contributed by atoms with Crippen LogP contribution in [0.25, 0.3) is 10.9 Å². The molecular formula is C29H39N3O4. The van der Waals surface area contributed by atoms with Crippen molar-refractivity contribution < 1.29 is 9.90 Å². The van der Waals surface area contributed by atoms with Gasteiger partial charge in [0.25, 0.3) is 5.56 Å². The summed E-state index contributed by atoms with van der Waals surface area (Å²) in [5.41, 5.74) is 0.798. The highest BCUT2D eigenvalue weighted by molar-refractivity contribution is 5.78. The predicted octanol–water partition coefficient (Wildman–Crippen LogP) is 5.69. The maximum atomic E-state index is 13.5. The van der Waals surface area contributed by atoms with E-state index in [-0.39, 0.29) is 30.5 Å². The minimum absolute atomic E-state index is 0.0685. The van der Waals surface area contributed by atoms with E-state index in [4.69, 9.17) is 0 Å². The van der Waals surface area contributed by atoms with E-state index in [1.54, 1.807) is 49.4 Å². The van der Waals surface area contributed by atoms with Gasteiger partial charge in [0.1, 0.15) is 0 Å². The topological polar surface area (TPSA) is 105 Å². The second-order valence-corrected chi connectivity index (χ2v) is 8.10. The van der Waals surface area contributed by atoms with E-state index >= 15 is 0 Å². The van der Waals surface area contributed by atoms with E-state index in [2.05, 4.69) is 12.6 Å². The molecule has 1 heterocycles. The molecule has 1 aromatic carbocycles. The number of hydrogen-bond donors (Lipinski definition) is 1. The van der Waals surface area contributed by atoms with Crippen molar-refractivity contribution in [1.82, 2.24) is 9.13 Å². The van der Waals surface area contributed by atoms with Crippen LogP contribution in [0.15, 0.2) is 69.8 Å². The van der Waals surface area contributed by atoms with Crippen LogP contribution in [-0.4, -0.2) is 20.2 Å². The average Bonchev–Trinajstić information content (AvgIpc) is 2.92. The number of rotatable bonds is 7. The molecule has 0 saturated heterocycles. The zero-order chi connectivity index (χ0) is 27.3. The molecule has 1 aromatic heterocycles. The first-order valence-corrected chi connectivity index (χ1v) is 12.7. The Morgan fingerprint density at radius 3 is 2.25 bits per heavy atom. The van der Waals surface area contributed by atoms with Crippen LogP contribution in [0, 0.1) is 23.2 Å². The monoisotopic (exact) mass is 493 g/mol. The molecule has 194 valence electrons. The minimum Gasteiger partial charge on any atom is -0.481 e. The van der Waals surface area contributed by atoms with E-state index in [1.165, 1.54) is 9.13 Å². The van der Waals surface area contributed by atoms with Crippen LogP contribution in [0.1, 0.15) is 60.3 Å². The van der Waals surface area contributed by atoms with E-state index in [0.29, 0.717) is 47.7 Å². The van der Waals surface area contributed by atoms with Gasteiger partial charge in [-0.2, -0.15) is 5.26 Å². The van der Waals surface area contributed by atoms with Crippen molar-refractivity contribution in [3.63, 3.8) is 0 Å². The molecule has 1 aliphatic carbocycles. The van der Waals surface area contributed by atoms with Gasteiger partial charge in [-0.05, 0) is 56.2 Å². The van der Waals surface area contributed by atoms with E-state index < -0.39 is 11.7 Å². The van der Waals surface area contributed by atoms with Crippen molar-refractivity contribution in [2.24, 2.45) is 11.8 Å². The normalized spacial score (nSPS) is 17.7. The lowest BCUT2D eigenvalue weighted by Crippen LogP contribution is -2.42. The molecular weight excluding hydrogens is 454 g/mol. The largest absolute Gasteiger partial charge is 0.481 e. The molecule has 1 N–H and O–H groups in total. The second-order valence-electron chi connectivity index (χ2n) is 8.10. The van der Waals surface area contributed by atoms with E-state index in [9.17, 15) is 24.8 Å². The third kappa shape index (κ3) is 7.17. The van der Waals surface area contributed by atoms with Crippen molar-refractivity contribution in [2.45, 2.75) is 73.4 Å². The summed E-state index contributed by atoms with van der Waals surface area (Å²) < 4.78 is 2.79. The number of carboxylic acids is 1. The van der Waals surface area contributed by atoms with Crippen LogP contribution >= 0.6 is 0 Å². The molecule has 1 saturated carbocycles. The number of carbonyl (C=O) groups is 1. The first-order valence-electron chi connectivity index (χ1n) is 12.7. The van der Waals surface area contributed by atoms with Gasteiger partial charge in [-0.25, -0.2) is 4.79 Å². The highest BCUT2D eigenvalue weighted by Gasteiger charge is 2.27. The molecule has 7 nitrogen and oxygen atoms in total. The van der Waals surface area contributed by atoms with Crippen LogP contribution in [0.2, 0.25) is 0 Å². The van der Waals surface area contributed by atoms with Gasteiger partial charge in [0.2, 0.25) is 0 Å². The lowest BCUT2D eigenvalue weighted by molar-refractivity contribution is -0.143. The number of nitriles is 1. The third-order valence-corrected chi connectivity index (χ3v) is 6.17. The highest BCUT2D eigenvalue weighted by atomic mass is 16.4. The van der Waals surface area contributed by atoms with E-state index in [1.807, 2.05) is 27.7 Å². The molecule has 0 amide bonds. The summed E-state index contributed by atoms with van der Waals surface area (Å²) >= 11 is 0. The Morgan fingerprint density at radius 1 is 1.11 bits per heavy atom. The van der Waals surface area contributed by atoms with Crippen LogP contribution in [-0.2, 0) is 17.9 Å². The number of benzene rings is 1. The van der Waals surface area contributed by atoms with Crippen LogP contribution in [0.3, 0.4) is 0 Å². The van der Waals surface area contributed by atoms with Gasteiger partial charge in [-0.15, -0.1) is 0 Å². The summed E-state index contributed by atoms with van der Waals surface area (Å²) in [5.74, 6) is -1.07. The van der Waals surface area contributed by atoms with Crippen LogP contribution in [0.5, 0.6) is 0 Å². The van der Waals surface area contributed by atoms with Crippen molar-refractivity contribution in [3.8, 4) is 6.07 Å². The zero-order valence-corrected chi connectivity index (χ0v) is 22.2. The standard InChI is InChI=1S/C25H27N3O4.2C2H6/c1-3-7-20(18(4-2)14-26)16-27-22-9-6-5-8-21(22)23(29)28(25(27)32)15-17-10-12-19(13-11-17)24(30)31;2*1-2/h3-9,17,19H,1,10-13,15-16H2,2H3,(H,30,31);2*1-2H3/b18-4-,20-7-;;. The third-order valence-electron chi connectivity index (χ3n) is 6.17. The number of hydrogen-bond acceptors (Lipinski definition) is 4. The number of carboxylic acid groups (broad SMARTS) is 1. The molecule has 0 unspecified atom stereocenters. The maximum absolute atomic E-state index is 13.5.